The molecule has 2 heterocycles. The van der Waals surface area contributed by atoms with Gasteiger partial charge in [-0.2, -0.15) is 0 Å². The quantitative estimate of drug-likeness (QED) is 0.771. The fourth-order valence-electron chi connectivity index (χ4n) is 2.75. The van der Waals surface area contributed by atoms with Gasteiger partial charge in [-0.05, 0) is 48.7 Å². The van der Waals surface area contributed by atoms with Gasteiger partial charge in [0.15, 0.2) is 0 Å². The van der Waals surface area contributed by atoms with Crippen molar-refractivity contribution in [3.05, 3.63) is 39.8 Å². The molecule has 0 bridgehead atoms. The lowest BCUT2D eigenvalue weighted by atomic mass is 10.1. The minimum atomic E-state index is -0.435. The number of halogens is 1. The van der Waals surface area contributed by atoms with E-state index in [2.05, 4.69) is 0 Å². The second-order valence-electron chi connectivity index (χ2n) is 5.73. The fraction of sp³-hybridized carbons (Fsp3) is 0.353. The highest BCUT2D eigenvalue weighted by Crippen LogP contribution is 2.33. The summed E-state index contributed by atoms with van der Waals surface area (Å²) in [5, 5.41) is 0.0948. The summed E-state index contributed by atoms with van der Waals surface area (Å²) in [6.07, 6.45) is 4.66. The predicted molar refractivity (Wildman–Crippen MR) is 94.6 cm³/mol. The van der Waals surface area contributed by atoms with Crippen molar-refractivity contribution in [1.29, 1.82) is 0 Å². The average molecular weight is 365 g/mol. The van der Waals surface area contributed by atoms with Crippen molar-refractivity contribution < 1.29 is 14.4 Å². The number of likely N-dealkylation sites (tertiary alicyclic amines) is 1. The molecule has 3 rings (SSSR count). The van der Waals surface area contributed by atoms with E-state index in [0.717, 1.165) is 35.9 Å². The van der Waals surface area contributed by atoms with Crippen molar-refractivity contribution in [2.75, 3.05) is 19.6 Å². The van der Waals surface area contributed by atoms with Crippen LogP contribution < -0.4 is 0 Å². The average Bonchev–Trinajstić information content (AvgIpc) is 2.85. The van der Waals surface area contributed by atoms with Crippen LogP contribution in [0.25, 0.3) is 6.08 Å². The van der Waals surface area contributed by atoms with Crippen LogP contribution in [-0.2, 0) is 9.59 Å². The first-order chi connectivity index (χ1) is 11.6. The molecule has 0 saturated carbocycles. The molecule has 0 radical (unpaired) electrons. The molecule has 0 aromatic heterocycles. The summed E-state index contributed by atoms with van der Waals surface area (Å²) in [5.41, 5.74) is 0.673. The molecule has 0 aliphatic carbocycles. The third-order valence-corrected chi connectivity index (χ3v) is 5.32. The number of rotatable bonds is 3. The van der Waals surface area contributed by atoms with E-state index in [9.17, 15) is 14.4 Å². The summed E-state index contributed by atoms with van der Waals surface area (Å²) in [7, 11) is 0. The number of hydrogen-bond acceptors (Lipinski definition) is 4. The molecule has 0 spiro atoms. The Labute approximate surface area is 149 Å². The fourth-order valence-corrected chi connectivity index (χ4v) is 3.77. The highest BCUT2D eigenvalue weighted by atomic mass is 35.5. The first-order valence-corrected chi connectivity index (χ1v) is 9.03. The van der Waals surface area contributed by atoms with Crippen LogP contribution in [0.15, 0.2) is 29.2 Å². The number of nitrogens with zero attached hydrogens (tertiary/aromatic N) is 2. The maximum absolute atomic E-state index is 12.5. The zero-order valence-electron chi connectivity index (χ0n) is 13.0. The Bertz CT molecular complexity index is 714. The van der Waals surface area contributed by atoms with E-state index in [1.165, 1.54) is 0 Å². The van der Waals surface area contributed by atoms with Crippen molar-refractivity contribution in [2.45, 2.75) is 19.3 Å². The van der Waals surface area contributed by atoms with Gasteiger partial charge in [0.25, 0.3) is 11.1 Å². The zero-order chi connectivity index (χ0) is 17.1. The molecule has 2 fully saturated rings. The maximum atomic E-state index is 12.5. The molecule has 2 aliphatic rings. The summed E-state index contributed by atoms with van der Waals surface area (Å²) in [5.74, 6) is -0.605. The lowest BCUT2D eigenvalue weighted by Gasteiger charge is -2.27. The summed E-state index contributed by atoms with van der Waals surface area (Å²) in [6.45, 7) is 1.21. The number of piperidine rings is 1. The molecule has 2 aliphatic heterocycles. The molecular weight excluding hydrogens is 348 g/mol. The SMILES string of the molecule is O=C(CN1C(=O)S/C(=C\c2ccccc2Cl)C1=O)N1CCCCC1. The third-order valence-electron chi connectivity index (χ3n) is 4.07. The Morgan fingerprint density at radius 3 is 2.58 bits per heavy atom. The molecule has 1 aromatic rings. The normalized spacial score (nSPS) is 20.1. The van der Waals surface area contributed by atoms with E-state index >= 15 is 0 Å². The van der Waals surface area contributed by atoms with Gasteiger partial charge in [-0.25, -0.2) is 0 Å². The van der Waals surface area contributed by atoms with Crippen LogP contribution in [0.4, 0.5) is 4.79 Å². The molecule has 126 valence electrons. The molecule has 0 atom stereocenters. The zero-order valence-corrected chi connectivity index (χ0v) is 14.6. The van der Waals surface area contributed by atoms with Crippen LogP contribution in [0.5, 0.6) is 0 Å². The minimum absolute atomic E-state index is 0.170. The molecule has 24 heavy (non-hydrogen) atoms. The van der Waals surface area contributed by atoms with Gasteiger partial charge < -0.3 is 4.90 Å². The maximum Gasteiger partial charge on any atom is 0.294 e. The van der Waals surface area contributed by atoms with Crippen LogP contribution in [0.1, 0.15) is 24.8 Å². The Hall–Kier alpha value is -1.79. The highest BCUT2D eigenvalue weighted by Gasteiger charge is 2.37. The molecular formula is C17H17ClN2O3S. The van der Waals surface area contributed by atoms with Crippen molar-refractivity contribution in [2.24, 2.45) is 0 Å². The number of thioether (sulfide) groups is 1. The molecule has 2 saturated heterocycles. The largest absolute Gasteiger partial charge is 0.341 e. The lowest BCUT2D eigenvalue weighted by Crippen LogP contribution is -2.44. The van der Waals surface area contributed by atoms with Crippen LogP contribution in [-0.4, -0.2) is 46.5 Å². The Morgan fingerprint density at radius 1 is 1.17 bits per heavy atom. The van der Waals surface area contributed by atoms with Gasteiger partial charge in [-0.15, -0.1) is 0 Å². The van der Waals surface area contributed by atoms with Crippen molar-refractivity contribution >= 4 is 46.5 Å². The molecule has 5 nitrogen and oxygen atoms in total. The van der Waals surface area contributed by atoms with Gasteiger partial charge >= 0.3 is 0 Å². The van der Waals surface area contributed by atoms with Gasteiger partial charge in [0.2, 0.25) is 5.91 Å². The number of hydrogen-bond donors (Lipinski definition) is 0. The van der Waals surface area contributed by atoms with E-state index < -0.39 is 11.1 Å². The first kappa shape index (κ1) is 17.0. The minimum Gasteiger partial charge on any atom is -0.341 e. The van der Waals surface area contributed by atoms with Crippen molar-refractivity contribution in [3.63, 3.8) is 0 Å². The lowest BCUT2D eigenvalue weighted by molar-refractivity contribution is -0.136. The van der Waals surface area contributed by atoms with Gasteiger partial charge in [-0.1, -0.05) is 29.8 Å². The van der Waals surface area contributed by atoms with Crippen LogP contribution >= 0.6 is 23.4 Å². The standard InChI is InChI=1S/C17H17ClN2O3S/c18-13-7-3-2-6-12(13)10-14-16(22)20(17(23)24-14)11-15(21)19-8-4-1-5-9-19/h2-3,6-7,10H,1,4-5,8-9,11H2/b14-10-. The molecule has 0 unspecified atom stereocenters. The van der Waals surface area contributed by atoms with E-state index in [0.29, 0.717) is 28.6 Å². The molecule has 1 aromatic carbocycles. The highest BCUT2D eigenvalue weighted by molar-refractivity contribution is 8.18. The number of amides is 3. The van der Waals surface area contributed by atoms with Gasteiger partial charge in [0.05, 0.1) is 4.91 Å². The van der Waals surface area contributed by atoms with Crippen molar-refractivity contribution in [1.82, 2.24) is 9.80 Å². The number of carbonyl (C=O) groups is 3. The molecule has 3 amide bonds. The Morgan fingerprint density at radius 2 is 1.88 bits per heavy atom. The van der Waals surface area contributed by atoms with E-state index in [-0.39, 0.29) is 12.5 Å². The predicted octanol–water partition coefficient (Wildman–Crippen LogP) is 3.39. The third kappa shape index (κ3) is 3.65. The Kier molecular flexibility index (Phi) is 5.26. The number of carbonyl (C=O) groups excluding carboxylic acids is 3. The van der Waals surface area contributed by atoms with Crippen LogP contribution in [0, 0.1) is 0 Å². The van der Waals surface area contributed by atoms with E-state index in [1.54, 1.807) is 29.2 Å². The van der Waals surface area contributed by atoms with Gasteiger partial charge in [0.1, 0.15) is 6.54 Å². The monoisotopic (exact) mass is 364 g/mol. The van der Waals surface area contributed by atoms with Crippen molar-refractivity contribution in [3.8, 4) is 0 Å². The van der Waals surface area contributed by atoms with Gasteiger partial charge in [-0.3, -0.25) is 19.3 Å². The second kappa shape index (κ2) is 7.40. The second-order valence-corrected chi connectivity index (χ2v) is 7.13. The summed E-state index contributed by atoms with van der Waals surface area (Å²) in [4.78, 5) is 39.9. The first-order valence-electron chi connectivity index (χ1n) is 7.84. The number of imide groups is 1. The van der Waals surface area contributed by atoms with E-state index in [4.69, 9.17) is 11.6 Å². The molecule has 0 N–H and O–H groups in total. The number of benzene rings is 1. The van der Waals surface area contributed by atoms with E-state index in [1.807, 2.05) is 6.07 Å². The van der Waals surface area contributed by atoms with Gasteiger partial charge in [0, 0.05) is 18.1 Å². The summed E-state index contributed by atoms with van der Waals surface area (Å²) in [6, 6.07) is 7.09. The summed E-state index contributed by atoms with van der Waals surface area (Å²) >= 11 is 6.93. The summed E-state index contributed by atoms with van der Waals surface area (Å²) < 4.78 is 0. The van der Waals surface area contributed by atoms with Crippen LogP contribution in [0.3, 0.4) is 0 Å². The molecule has 7 heteroatoms. The smallest absolute Gasteiger partial charge is 0.294 e. The topological polar surface area (TPSA) is 57.7 Å². The Balaban J connectivity index is 1.72. The van der Waals surface area contributed by atoms with Crippen LogP contribution in [0.2, 0.25) is 5.02 Å².